The Labute approximate surface area is 122 Å². The van der Waals surface area contributed by atoms with Gasteiger partial charge in [0.2, 0.25) is 0 Å². The number of piperazine rings is 1. The molecule has 0 amide bonds. The first-order chi connectivity index (χ1) is 9.60. The number of nitrogens with zero attached hydrogens (tertiary/aromatic N) is 2. The zero-order valence-electron chi connectivity index (χ0n) is 13.0. The van der Waals surface area contributed by atoms with Crippen molar-refractivity contribution < 1.29 is 4.79 Å². The number of hydrogen-bond acceptors (Lipinski definition) is 3. The Morgan fingerprint density at radius 2 is 1.75 bits per heavy atom. The van der Waals surface area contributed by atoms with Crippen LogP contribution in [0.5, 0.6) is 0 Å². The maximum absolute atomic E-state index is 12.4. The van der Waals surface area contributed by atoms with Gasteiger partial charge in [-0.15, -0.1) is 0 Å². The van der Waals surface area contributed by atoms with Crippen LogP contribution in [-0.4, -0.2) is 54.9 Å². The van der Waals surface area contributed by atoms with E-state index in [1.54, 1.807) is 0 Å². The number of carbonyl (C=O) groups excluding carboxylic acids is 1. The van der Waals surface area contributed by atoms with E-state index in [-0.39, 0.29) is 5.78 Å². The molecule has 3 heteroatoms. The molecule has 0 N–H and O–H groups in total. The van der Waals surface area contributed by atoms with Crippen molar-refractivity contribution >= 4 is 5.78 Å². The zero-order valence-corrected chi connectivity index (χ0v) is 13.0. The van der Waals surface area contributed by atoms with E-state index >= 15 is 0 Å². The second-order valence-corrected chi connectivity index (χ2v) is 5.86. The summed E-state index contributed by atoms with van der Waals surface area (Å²) in [4.78, 5) is 17.2. The molecule has 0 aromatic heterocycles. The number of carbonyl (C=O) groups is 1. The lowest BCUT2D eigenvalue weighted by molar-refractivity contribution is 0.0852. The lowest BCUT2D eigenvalue weighted by Gasteiger charge is -2.34. The Bertz CT molecular complexity index is 462. The fourth-order valence-corrected chi connectivity index (χ4v) is 2.81. The minimum atomic E-state index is 0.259. The van der Waals surface area contributed by atoms with Gasteiger partial charge in [-0.25, -0.2) is 0 Å². The van der Waals surface area contributed by atoms with Crippen LogP contribution in [0.2, 0.25) is 0 Å². The number of ketones is 1. The molecular formula is C17H26N2O. The number of hydrogen-bond donors (Lipinski definition) is 0. The molecule has 1 aliphatic rings. The maximum atomic E-state index is 12.4. The molecule has 20 heavy (non-hydrogen) atoms. The van der Waals surface area contributed by atoms with Gasteiger partial charge in [-0.05, 0) is 38.4 Å². The SMILES string of the molecule is CCCN1CCN(CC(=O)c2cc(C)ccc2C)CC1. The van der Waals surface area contributed by atoms with Crippen LogP contribution < -0.4 is 0 Å². The molecule has 110 valence electrons. The van der Waals surface area contributed by atoms with Crippen LogP contribution >= 0.6 is 0 Å². The topological polar surface area (TPSA) is 23.6 Å². The summed E-state index contributed by atoms with van der Waals surface area (Å²) in [6.45, 7) is 12.2. The third-order valence-electron chi connectivity index (χ3n) is 4.07. The summed E-state index contributed by atoms with van der Waals surface area (Å²) < 4.78 is 0. The first-order valence-electron chi connectivity index (χ1n) is 7.65. The van der Waals surface area contributed by atoms with Gasteiger partial charge in [0.05, 0.1) is 6.54 Å². The molecule has 1 heterocycles. The second-order valence-electron chi connectivity index (χ2n) is 5.86. The van der Waals surface area contributed by atoms with E-state index in [2.05, 4.69) is 22.8 Å². The third kappa shape index (κ3) is 3.90. The highest BCUT2D eigenvalue weighted by Crippen LogP contribution is 2.13. The first kappa shape index (κ1) is 15.2. The first-order valence-corrected chi connectivity index (χ1v) is 7.65. The normalized spacial score (nSPS) is 17.4. The van der Waals surface area contributed by atoms with Gasteiger partial charge in [0.1, 0.15) is 0 Å². The fourth-order valence-electron chi connectivity index (χ4n) is 2.81. The van der Waals surface area contributed by atoms with E-state index < -0.39 is 0 Å². The standard InChI is InChI=1S/C17H26N2O/c1-4-7-18-8-10-19(11-9-18)13-17(20)16-12-14(2)5-6-15(16)3/h5-6,12H,4,7-11,13H2,1-3H3. The largest absolute Gasteiger partial charge is 0.301 e. The van der Waals surface area contributed by atoms with Gasteiger partial charge in [-0.3, -0.25) is 9.69 Å². The molecule has 0 saturated carbocycles. The highest BCUT2D eigenvalue weighted by molar-refractivity contribution is 5.99. The van der Waals surface area contributed by atoms with Crippen molar-refractivity contribution in [3.05, 3.63) is 34.9 Å². The average Bonchev–Trinajstić information content (AvgIpc) is 2.44. The Hall–Kier alpha value is -1.19. The van der Waals surface area contributed by atoms with E-state index in [9.17, 15) is 4.79 Å². The molecule has 0 atom stereocenters. The van der Waals surface area contributed by atoms with Gasteiger partial charge >= 0.3 is 0 Å². The number of Topliss-reactive ketones (excluding diaryl/α,β-unsaturated/α-hetero) is 1. The molecule has 1 fully saturated rings. The number of rotatable bonds is 5. The van der Waals surface area contributed by atoms with Crippen LogP contribution in [0.25, 0.3) is 0 Å². The molecule has 0 bridgehead atoms. The Morgan fingerprint density at radius 1 is 1.10 bits per heavy atom. The van der Waals surface area contributed by atoms with Crippen molar-refractivity contribution in [3.8, 4) is 0 Å². The molecule has 2 rings (SSSR count). The number of aryl methyl sites for hydroxylation is 2. The molecule has 1 aliphatic heterocycles. The van der Waals surface area contributed by atoms with Crippen LogP contribution in [-0.2, 0) is 0 Å². The minimum absolute atomic E-state index is 0.259. The summed E-state index contributed by atoms with van der Waals surface area (Å²) in [5, 5.41) is 0. The Morgan fingerprint density at radius 3 is 2.40 bits per heavy atom. The molecular weight excluding hydrogens is 248 g/mol. The van der Waals surface area contributed by atoms with Gasteiger partial charge in [0.15, 0.2) is 5.78 Å². The predicted molar refractivity (Wildman–Crippen MR) is 83.4 cm³/mol. The lowest BCUT2D eigenvalue weighted by atomic mass is 10.0. The molecule has 0 unspecified atom stereocenters. The van der Waals surface area contributed by atoms with E-state index in [1.807, 2.05) is 26.0 Å². The van der Waals surface area contributed by atoms with E-state index in [1.165, 1.54) is 13.0 Å². The summed E-state index contributed by atoms with van der Waals surface area (Å²) in [5.74, 6) is 0.259. The van der Waals surface area contributed by atoms with Gasteiger partial charge in [0, 0.05) is 31.7 Å². The van der Waals surface area contributed by atoms with Gasteiger partial charge in [0.25, 0.3) is 0 Å². The van der Waals surface area contributed by atoms with Crippen molar-refractivity contribution in [2.24, 2.45) is 0 Å². The van der Waals surface area contributed by atoms with Gasteiger partial charge < -0.3 is 4.90 Å². The van der Waals surface area contributed by atoms with Crippen LogP contribution in [0.15, 0.2) is 18.2 Å². The molecule has 1 aromatic rings. The van der Waals surface area contributed by atoms with Gasteiger partial charge in [-0.1, -0.05) is 24.6 Å². The van der Waals surface area contributed by atoms with Crippen LogP contribution in [0.4, 0.5) is 0 Å². The molecule has 0 radical (unpaired) electrons. The van der Waals surface area contributed by atoms with Crippen molar-refractivity contribution in [1.29, 1.82) is 0 Å². The molecule has 1 saturated heterocycles. The highest BCUT2D eigenvalue weighted by Gasteiger charge is 2.19. The Balaban J connectivity index is 1.91. The summed E-state index contributed by atoms with van der Waals surface area (Å²) in [7, 11) is 0. The summed E-state index contributed by atoms with van der Waals surface area (Å²) in [6, 6.07) is 6.13. The quantitative estimate of drug-likeness (QED) is 0.771. The number of benzene rings is 1. The smallest absolute Gasteiger partial charge is 0.177 e. The summed E-state index contributed by atoms with van der Waals surface area (Å²) >= 11 is 0. The van der Waals surface area contributed by atoms with Crippen LogP contribution in [0, 0.1) is 13.8 Å². The van der Waals surface area contributed by atoms with Crippen molar-refractivity contribution in [1.82, 2.24) is 9.80 Å². The average molecular weight is 274 g/mol. The van der Waals surface area contributed by atoms with E-state index in [0.29, 0.717) is 6.54 Å². The van der Waals surface area contributed by atoms with Crippen LogP contribution in [0.1, 0.15) is 34.8 Å². The third-order valence-corrected chi connectivity index (χ3v) is 4.07. The monoisotopic (exact) mass is 274 g/mol. The maximum Gasteiger partial charge on any atom is 0.177 e. The van der Waals surface area contributed by atoms with Crippen molar-refractivity contribution in [2.45, 2.75) is 27.2 Å². The zero-order chi connectivity index (χ0) is 14.5. The van der Waals surface area contributed by atoms with Crippen molar-refractivity contribution in [3.63, 3.8) is 0 Å². The predicted octanol–water partition coefficient (Wildman–Crippen LogP) is 2.51. The lowest BCUT2D eigenvalue weighted by Crippen LogP contribution is -2.48. The van der Waals surface area contributed by atoms with Gasteiger partial charge in [-0.2, -0.15) is 0 Å². The molecule has 0 aliphatic carbocycles. The fraction of sp³-hybridized carbons (Fsp3) is 0.588. The van der Waals surface area contributed by atoms with Crippen molar-refractivity contribution in [2.75, 3.05) is 39.3 Å². The summed E-state index contributed by atoms with van der Waals surface area (Å²) in [5.41, 5.74) is 3.14. The van der Waals surface area contributed by atoms with Crippen LogP contribution in [0.3, 0.4) is 0 Å². The molecule has 0 spiro atoms. The summed E-state index contributed by atoms with van der Waals surface area (Å²) in [6.07, 6.45) is 1.21. The minimum Gasteiger partial charge on any atom is -0.301 e. The Kier molecular flexibility index (Phi) is 5.32. The molecule has 1 aromatic carbocycles. The highest BCUT2D eigenvalue weighted by atomic mass is 16.1. The molecule has 3 nitrogen and oxygen atoms in total. The van der Waals surface area contributed by atoms with E-state index in [4.69, 9.17) is 0 Å². The van der Waals surface area contributed by atoms with E-state index in [0.717, 1.165) is 42.9 Å². The second kappa shape index (κ2) is 7.00.